The van der Waals surface area contributed by atoms with E-state index in [0.29, 0.717) is 27.6 Å². The monoisotopic (exact) mass is 654 g/mol. The van der Waals surface area contributed by atoms with E-state index in [9.17, 15) is 14.4 Å². The summed E-state index contributed by atoms with van der Waals surface area (Å²) in [5.74, 6) is -0.861. The van der Waals surface area contributed by atoms with E-state index in [4.69, 9.17) is 35.8 Å². The molecular formula is C35H47ClN4O6. The first-order chi connectivity index (χ1) is 21.6. The first-order valence-corrected chi connectivity index (χ1v) is 16.8. The Morgan fingerprint density at radius 3 is 2.46 bits per heavy atom. The summed E-state index contributed by atoms with van der Waals surface area (Å²) in [5.41, 5.74) is 0.348. The summed E-state index contributed by atoms with van der Waals surface area (Å²) in [4.78, 5) is 52.6. The van der Waals surface area contributed by atoms with Gasteiger partial charge in [0.05, 0.1) is 17.6 Å². The van der Waals surface area contributed by atoms with Gasteiger partial charge in [-0.2, -0.15) is 0 Å². The molecule has 1 saturated carbocycles. The van der Waals surface area contributed by atoms with Gasteiger partial charge in [0, 0.05) is 10.9 Å². The van der Waals surface area contributed by atoms with Crippen LogP contribution in [0.5, 0.6) is 5.88 Å². The van der Waals surface area contributed by atoms with Gasteiger partial charge in [-0.3, -0.25) is 4.79 Å². The van der Waals surface area contributed by atoms with Crippen LogP contribution in [-0.4, -0.2) is 69.3 Å². The highest BCUT2D eigenvalue weighted by molar-refractivity contribution is 6.31. The van der Waals surface area contributed by atoms with Crippen molar-refractivity contribution in [1.82, 2.24) is 20.2 Å². The number of ether oxygens (including phenoxy) is 3. The molecule has 3 heterocycles. The van der Waals surface area contributed by atoms with E-state index in [1.54, 1.807) is 32.9 Å². The van der Waals surface area contributed by atoms with Crippen molar-refractivity contribution in [3.63, 3.8) is 0 Å². The van der Waals surface area contributed by atoms with Crippen LogP contribution in [-0.2, 0) is 19.1 Å². The molecule has 5 rings (SSSR count). The fourth-order valence-corrected chi connectivity index (χ4v) is 6.85. The van der Waals surface area contributed by atoms with Crippen LogP contribution in [0.1, 0.15) is 92.7 Å². The lowest BCUT2D eigenvalue weighted by Gasteiger charge is -2.36. The maximum atomic E-state index is 14.4. The van der Waals surface area contributed by atoms with Crippen molar-refractivity contribution in [2.24, 2.45) is 17.3 Å². The molecule has 6 atom stereocenters. The number of nitrogens with one attached hydrogen (secondary N) is 1. The third kappa shape index (κ3) is 7.76. The Bertz CT molecular complexity index is 1500. The van der Waals surface area contributed by atoms with Gasteiger partial charge >= 0.3 is 12.1 Å². The van der Waals surface area contributed by atoms with Crippen LogP contribution in [0.15, 0.2) is 24.3 Å². The molecule has 0 radical (unpaired) electrons. The fourth-order valence-electron chi connectivity index (χ4n) is 6.69. The van der Waals surface area contributed by atoms with Crippen molar-refractivity contribution < 1.29 is 28.6 Å². The Morgan fingerprint density at radius 1 is 1.00 bits per heavy atom. The largest absolute Gasteiger partial charge is 0.471 e. The number of halogens is 1. The number of rotatable bonds is 1. The van der Waals surface area contributed by atoms with Crippen LogP contribution in [0, 0.1) is 17.3 Å². The predicted molar refractivity (Wildman–Crippen MR) is 176 cm³/mol. The molecule has 0 spiro atoms. The third-order valence-electron chi connectivity index (χ3n) is 9.06. The van der Waals surface area contributed by atoms with Gasteiger partial charge in [-0.05, 0) is 94.9 Å². The standard InChI is InChI=1S/C35H47ClN4O6/c1-20-27-19-40(28(20)32(42)46-35(5,6)7)31(41)29(34(2,3)4)39-33(43)45-26-15-11-13-21(26)12-9-8-10-14-24-30(44-27)38-25-18-22(36)16-17-23(25)37-24/h10,14,16-18,20-21,26-29H,8-9,11-13,15,19H2,1-7H3,(H,39,43)/b14-10+/t20-,21-,26-,27+,28+,29-/m1/s1. The van der Waals surface area contributed by atoms with E-state index in [1.807, 2.05) is 39.8 Å². The number of aromatic nitrogens is 2. The predicted octanol–water partition coefficient (Wildman–Crippen LogP) is 6.73. The lowest BCUT2D eigenvalue weighted by Crippen LogP contribution is -2.58. The first kappa shape index (κ1) is 33.9. The number of carbonyl (C=O) groups excluding carboxylic acids is 3. The summed E-state index contributed by atoms with van der Waals surface area (Å²) < 4.78 is 18.3. The van der Waals surface area contributed by atoms with Crippen molar-refractivity contribution in [1.29, 1.82) is 0 Å². The number of nitrogens with zero attached hydrogens (tertiary/aromatic N) is 3. The number of carbonyl (C=O) groups is 3. The van der Waals surface area contributed by atoms with E-state index < -0.39 is 53.1 Å². The average Bonchev–Trinajstić information content (AvgIpc) is 3.52. The number of hydrogen-bond acceptors (Lipinski definition) is 8. The van der Waals surface area contributed by atoms with E-state index in [0.717, 1.165) is 38.5 Å². The van der Waals surface area contributed by atoms with Gasteiger partial charge in [0.2, 0.25) is 11.8 Å². The molecule has 1 aromatic carbocycles. The lowest BCUT2D eigenvalue weighted by atomic mass is 9.85. The number of allylic oxidation sites excluding steroid dienone is 1. The van der Waals surface area contributed by atoms with Crippen LogP contribution in [0.3, 0.4) is 0 Å². The zero-order chi connectivity index (χ0) is 33.4. The van der Waals surface area contributed by atoms with Crippen LogP contribution < -0.4 is 10.1 Å². The summed E-state index contributed by atoms with van der Waals surface area (Å²) in [5, 5.41) is 3.40. The minimum atomic E-state index is -0.962. The second-order valence-electron chi connectivity index (χ2n) is 14.9. The molecule has 46 heavy (non-hydrogen) atoms. The smallest absolute Gasteiger partial charge is 0.408 e. The highest BCUT2D eigenvalue weighted by Crippen LogP contribution is 2.36. The molecule has 1 saturated heterocycles. The van der Waals surface area contributed by atoms with Gasteiger partial charge in [-0.25, -0.2) is 19.6 Å². The maximum absolute atomic E-state index is 14.4. The molecule has 2 amide bonds. The molecule has 2 aliphatic heterocycles. The van der Waals surface area contributed by atoms with E-state index in [-0.39, 0.29) is 18.6 Å². The molecule has 1 aromatic heterocycles. The van der Waals surface area contributed by atoms with Crippen LogP contribution >= 0.6 is 11.6 Å². The van der Waals surface area contributed by atoms with Crippen LogP contribution in [0.25, 0.3) is 17.1 Å². The zero-order valence-corrected chi connectivity index (χ0v) is 28.7. The SMILES string of the molecule is C[C@@H]1[C@@H]2CN(C(=O)[C@H](C(C)(C)C)NC(=O)O[C@@H]3CCC[C@H]3CCC/C=C/c3nc4ccc(Cl)cc4nc3O2)[C@@H]1C(=O)OC(C)(C)C. The molecule has 3 aliphatic rings. The minimum Gasteiger partial charge on any atom is -0.471 e. The molecular weight excluding hydrogens is 608 g/mol. The number of amides is 2. The molecule has 2 bridgehead atoms. The molecule has 1 aliphatic carbocycles. The summed E-state index contributed by atoms with van der Waals surface area (Å²) >= 11 is 6.29. The Labute approximate surface area is 276 Å². The molecule has 11 heteroatoms. The summed E-state index contributed by atoms with van der Waals surface area (Å²) in [7, 11) is 0. The van der Waals surface area contributed by atoms with Gasteiger partial charge in [0.1, 0.15) is 35.6 Å². The highest BCUT2D eigenvalue weighted by atomic mass is 35.5. The van der Waals surface area contributed by atoms with Crippen LogP contribution in [0.4, 0.5) is 4.79 Å². The Morgan fingerprint density at radius 2 is 1.74 bits per heavy atom. The van der Waals surface area contributed by atoms with Gasteiger partial charge in [0.15, 0.2) is 0 Å². The second kappa shape index (κ2) is 13.4. The van der Waals surface area contributed by atoms with Crippen molar-refractivity contribution in [3.05, 3.63) is 35.0 Å². The number of alkyl carbamates (subject to hydrolysis) is 1. The summed E-state index contributed by atoms with van der Waals surface area (Å²) in [6.45, 7) is 13.0. The summed E-state index contributed by atoms with van der Waals surface area (Å²) in [6, 6.07) is 3.41. The zero-order valence-electron chi connectivity index (χ0n) is 28.0. The molecule has 1 N–H and O–H groups in total. The average molecular weight is 655 g/mol. The Kier molecular flexibility index (Phi) is 9.87. The topological polar surface area (TPSA) is 120 Å². The van der Waals surface area contributed by atoms with Crippen molar-refractivity contribution in [2.45, 2.75) is 117 Å². The van der Waals surface area contributed by atoms with Crippen LogP contribution in [0.2, 0.25) is 5.02 Å². The fraction of sp³-hybridized carbons (Fsp3) is 0.629. The van der Waals surface area contributed by atoms with Gasteiger partial charge in [0.25, 0.3) is 0 Å². The first-order valence-electron chi connectivity index (χ1n) is 16.4. The van der Waals surface area contributed by atoms with Gasteiger partial charge < -0.3 is 24.4 Å². The molecule has 2 aromatic rings. The number of hydrogen-bond donors (Lipinski definition) is 1. The van der Waals surface area contributed by atoms with E-state index in [2.05, 4.69) is 11.4 Å². The Balaban J connectivity index is 1.57. The Hall–Kier alpha value is -3.40. The minimum absolute atomic E-state index is 0.0797. The molecule has 250 valence electrons. The van der Waals surface area contributed by atoms with E-state index in [1.165, 1.54) is 4.90 Å². The lowest BCUT2D eigenvalue weighted by molar-refractivity contribution is -0.165. The number of benzene rings is 1. The molecule has 2 fully saturated rings. The van der Waals surface area contributed by atoms with Crippen molar-refractivity contribution in [2.75, 3.05) is 6.54 Å². The highest BCUT2D eigenvalue weighted by Gasteiger charge is 2.51. The third-order valence-corrected chi connectivity index (χ3v) is 9.29. The second-order valence-corrected chi connectivity index (χ2v) is 15.4. The van der Waals surface area contributed by atoms with Crippen molar-refractivity contribution in [3.8, 4) is 5.88 Å². The van der Waals surface area contributed by atoms with Gasteiger partial charge in [-0.1, -0.05) is 45.4 Å². The molecule has 10 nitrogen and oxygen atoms in total. The summed E-state index contributed by atoms with van der Waals surface area (Å²) in [6.07, 6.45) is 7.96. The van der Waals surface area contributed by atoms with Gasteiger partial charge in [-0.15, -0.1) is 0 Å². The maximum Gasteiger partial charge on any atom is 0.408 e. The van der Waals surface area contributed by atoms with Crippen molar-refractivity contribution >= 4 is 46.7 Å². The number of fused-ring (bicyclic) bond motifs is 5. The quantitative estimate of drug-likeness (QED) is 0.336. The number of esters is 1. The van der Waals surface area contributed by atoms with E-state index >= 15 is 0 Å². The molecule has 0 unspecified atom stereocenters. The normalized spacial score (nSPS) is 28.7.